The fourth-order valence-corrected chi connectivity index (χ4v) is 3.61. The molecule has 0 atom stereocenters. The molecular weight excluding hydrogens is 301 g/mol. The van der Waals surface area contributed by atoms with Crippen LogP contribution in [0.5, 0.6) is 0 Å². The van der Waals surface area contributed by atoms with E-state index in [2.05, 4.69) is 24.5 Å². The standard InChI is InChI=1S/C18H33F3N2/c1-4-6-8-10-12-16(3,13-11-9-7-5-2)17(18(19,20)21)22-14-15-23-17/h14-15,22-23H,4-13H2,1-3H3. The van der Waals surface area contributed by atoms with Crippen LogP contribution in [0.4, 0.5) is 13.2 Å². The molecule has 1 heterocycles. The monoisotopic (exact) mass is 334 g/mol. The third kappa shape index (κ3) is 4.80. The lowest BCUT2D eigenvalue weighted by molar-refractivity contribution is -0.235. The van der Waals surface area contributed by atoms with Gasteiger partial charge in [0, 0.05) is 17.8 Å². The van der Waals surface area contributed by atoms with Gasteiger partial charge in [-0.05, 0) is 12.8 Å². The summed E-state index contributed by atoms with van der Waals surface area (Å²) in [5, 5.41) is 5.23. The summed E-state index contributed by atoms with van der Waals surface area (Å²) >= 11 is 0. The first-order chi connectivity index (χ1) is 10.8. The molecule has 0 aromatic rings. The van der Waals surface area contributed by atoms with Crippen LogP contribution < -0.4 is 10.6 Å². The summed E-state index contributed by atoms with van der Waals surface area (Å²) in [5.41, 5.74) is -2.88. The summed E-state index contributed by atoms with van der Waals surface area (Å²) in [4.78, 5) is 0. The third-order valence-corrected chi connectivity index (χ3v) is 5.18. The molecule has 136 valence electrons. The van der Waals surface area contributed by atoms with Crippen LogP contribution in [0.2, 0.25) is 0 Å². The van der Waals surface area contributed by atoms with Gasteiger partial charge in [0.05, 0.1) is 0 Å². The van der Waals surface area contributed by atoms with Crippen molar-refractivity contribution in [3.63, 3.8) is 0 Å². The summed E-state index contributed by atoms with van der Waals surface area (Å²) in [5.74, 6) is 0. The van der Waals surface area contributed by atoms with Gasteiger partial charge in [-0.1, -0.05) is 72.1 Å². The van der Waals surface area contributed by atoms with E-state index >= 15 is 0 Å². The maximum absolute atomic E-state index is 13.9. The van der Waals surface area contributed by atoms with Crippen molar-refractivity contribution < 1.29 is 13.2 Å². The quantitative estimate of drug-likeness (QED) is 0.463. The van der Waals surface area contributed by atoms with E-state index in [9.17, 15) is 13.2 Å². The second-order valence-electron chi connectivity index (χ2n) is 7.05. The molecule has 0 aromatic carbocycles. The van der Waals surface area contributed by atoms with Crippen LogP contribution in [-0.2, 0) is 0 Å². The van der Waals surface area contributed by atoms with E-state index in [0.29, 0.717) is 12.8 Å². The number of unbranched alkanes of at least 4 members (excludes halogenated alkanes) is 6. The molecule has 0 saturated carbocycles. The number of nitrogens with one attached hydrogen (secondary N) is 2. The molecule has 2 nitrogen and oxygen atoms in total. The summed E-state index contributed by atoms with van der Waals surface area (Å²) in [6.07, 6.45) is 7.68. The second kappa shape index (κ2) is 8.84. The number of halogens is 3. The van der Waals surface area contributed by atoms with Crippen LogP contribution >= 0.6 is 0 Å². The topological polar surface area (TPSA) is 24.1 Å². The van der Waals surface area contributed by atoms with Gasteiger partial charge in [0.2, 0.25) is 5.66 Å². The first-order valence-electron chi connectivity index (χ1n) is 9.10. The summed E-state index contributed by atoms with van der Waals surface area (Å²) < 4.78 is 41.7. The van der Waals surface area contributed by atoms with Crippen LogP contribution in [0.1, 0.15) is 85.0 Å². The molecule has 23 heavy (non-hydrogen) atoms. The molecule has 0 fully saturated rings. The lowest BCUT2D eigenvalue weighted by Crippen LogP contribution is -2.69. The Labute approximate surface area is 139 Å². The zero-order valence-corrected chi connectivity index (χ0v) is 14.9. The average molecular weight is 334 g/mol. The van der Waals surface area contributed by atoms with Crippen molar-refractivity contribution in [2.45, 2.75) is 96.8 Å². The van der Waals surface area contributed by atoms with Crippen LogP contribution in [-0.4, -0.2) is 11.8 Å². The van der Waals surface area contributed by atoms with E-state index < -0.39 is 17.3 Å². The van der Waals surface area contributed by atoms with Crippen molar-refractivity contribution in [3.05, 3.63) is 12.4 Å². The number of alkyl halides is 3. The molecule has 2 N–H and O–H groups in total. The summed E-state index contributed by atoms with van der Waals surface area (Å²) in [7, 11) is 0. The Morgan fingerprint density at radius 1 is 0.783 bits per heavy atom. The van der Waals surface area contributed by atoms with Crippen molar-refractivity contribution in [2.75, 3.05) is 0 Å². The smallest absolute Gasteiger partial charge is 0.360 e. The number of hydrogen-bond donors (Lipinski definition) is 2. The molecule has 1 rings (SSSR count). The van der Waals surface area contributed by atoms with Crippen molar-refractivity contribution in [1.29, 1.82) is 0 Å². The predicted molar refractivity (Wildman–Crippen MR) is 89.8 cm³/mol. The SMILES string of the molecule is CCCCCCC(C)(CCCCCC)C1(C(F)(F)F)NC=CN1. The van der Waals surface area contributed by atoms with Gasteiger partial charge in [-0.3, -0.25) is 0 Å². The molecule has 0 bridgehead atoms. The molecule has 0 aliphatic carbocycles. The van der Waals surface area contributed by atoms with Crippen molar-refractivity contribution in [1.82, 2.24) is 10.6 Å². The minimum Gasteiger partial charge on any atom is -0.360 e. The highest BCUT2D eigenvalue weighted by Crippen LogP contribution is 2.49. The van der Waals surface area contributed by atoms with Crippen LogP contribution in [0.15, 0.2) is 12.4 Å². The normalized spacial score (nSPS) is 17.1. The first-order valence-corrected chi connectivity index (χ1v) is 9.10. The van der Waals surface area contributed by atoms with E-state index in [4.69, 9.17) is 0 Å². The van der Waals surface area contributed by atoms with E-state index in [-0.39, 0.29) is 0 Å². The Morgan fingerprint density at radius 3 is 1.57 bits per heavy atom. The molecule has 0 unspecified atom stereocenters. The van der Waals surface area contributed by atoms with Crippen molar-refractivity contribution in [3.8, 4) is 0 Å². The van der Waals surface area contributed by atoms with Gasteiger partial charge in [0.25, 0.3) is 0 Å². The lowest BCUT2D eigenvalue weighted by Gasteiger charge is -2.48. The van der Waals surface area contributed by atoms with E-state index in [0.717, 1.165) is 51.4 Å². The maximum atomic E-state index is 13.9. The van der Waals surface area contributed by atoms with E-state index in [1.54, 1.807) is 6.92 Å². The number of rotatable bonds is 11. The van der Waals surface area contributed by atoms with Gasteiger partial charge in [-0.15, -0.1) is 0 Å². The molecule has 0 saturated heterocycles. The van der Waals surface area contributed by atoms with Gasteiger partial charge in [-0.2, -0.15) is 13.2 Å². The Hall–Kier alpha value is -0.870. The minimum absolute atomic E-state index is 0.584. The highest BCUT2D eigenvalue weighted by molar-refractivity contribution is 5.14. The molecular formula is C18H33F3N2. The molecule has 1 aliphatic rings. The van der Waals surface area contributed by atoms with Gasteiger partial charge >= 0.3 is 6.18 Å². The van der Waals surface area contributed by atoms with Crippen LogP contribution in [0.25, 0.3) is 0 Å². The van der Waals surface area contributed by atoms with Gasteiger partial charge in [-0.25, -0.2) is 0 Å². The average Bonchev–Trinajstić information content (AvgIpc) is 2.99. The third-order valence-electron chi connectivity index (χ3n) is 5.18. The summed E-state index contributed by atoms with van der Waals surface area (Å²) in [6.45, 7) is 6.03. The molecule has 5 heteroatoms. The maximum Gasteiger partial charge on any atom is 0.430 e. The van der Waals surface area contributed by atoms with Gasteiger partial charge < -0.3 is 10.6 Å². The first kappa shape index (κ1) is 20.2. The molecule has 0 spiro atoms. The van der Waals surface area contributed by atoms with E-state index in [1.807, 2.05) is 0 Å². The predicted octanol–water partition coefficient (Wildman–Crippen LogP) is 5.86. The molecule has 0 radical (unpaired) electrons. The van der Waals surface area contributed by atoms with Crippen molar-refractivity contribution in [2.24, 2.45) is 5.41 Å². The Bertz CT molecular complexity index is 344. The zero-order chi connectivity index (χ0) is 17.4. The zero-order valence-electron chi connectivity index (χ0n) is 14.9. The van der Waals surface area contributed by atoms with Crippen molar-refractivity contribution >= 4 is 0 Å². The second-order valence-corrected chi connectivity index (χ2v) is 7.05. The largest absolute Gasteiger partial charge is 0.430 e. The van der Waals surface area contributed by atoms with Crippen LogP contribution in [0.3, 0.4) is 0 Å². The Morgan fingerprint density at radius 2 is 1.22 bits per heavy atom. The Balaban J connectivity index is 2.86. The van der Waals surface area contributed by atoms with Gasteiger partial charge in [0.1, 0.15) is 0 Å². The fourth-order valence-electron chi connectivity index (χ4n) is 3.61. The van der Waals surface area contributed by atoms with Gasteiger partial charge in [0.15, 0.2) is 0 Å². The molecule has 0 amide bonds. The van der Waals surface area contributed by atoms with E-state index in [1.165, 1.54) is 12.4 Å². The summed E-state index contributed by atoms with van der Waals surface area (Å²) in [6, 6.07) is 0. The molecule has 0 aromatic heterocycles. The number of hydrogen-bond acceptors (Lipinski definition) is 2. The lowest BCUT2D eigenvalue weighted by atomic mass is 9.69. The molecule has 1 aliphatic heterocycles. The highest BCUT2D eigenvalue weighted by atomic mass is 19.4. The Kier molecular flexibility index (Phi) is 7.75. The minimum atomic E-state index is -4.33. The highest BCUT2D eigenvalue weighted by Gasteiger charge is 2.65. The fraction of sp³-hybridized carbons (Fsp3) is 0.889. The van der Waals surface area contributed by atoms with Crippen LogP contribution in [0, 0.1) is 5.41 Å².